The van der Waals surface area contributed by atoms with E-state index in [0.717, 1.165) is 21.7 Å². The zero-order chi connectivity index (χ0) is 20.7. The van der Waals surface area contributed by atoms with Gasteiger partial charge in [0.15, 0.2) is 6.61 Å². The first kappa shape index (κ1) is 21.8. The maximum absolute atomic E-state index is 12.4. The normalized spacial score (nSPS) is 10.6. The highest BCUT2D eigenvalue weighted by atomic mass is 32.2. The van der Waals surface area contributed by atoms with Gasteiger partial charge in [0.05, 0.1) is 12.2 Å². The van der Waals surface area contributed by atoms with Crippen LogP contribution >= 0.6 is 11.8 Å². The number of carbonyl (C=O) groups is 2. The van der Waals surface area contributed by atoms with Crippen LogP contribution in [0.3, 0.4) is 0 Å². The standard InChI is InChI=1S/C22H28N2O3S/c1-15(2)17-11-10-16(3)19(12-17)27-14-22(26)24(4)13-21(25)23-18-8-6-7-9-20(18)28-5/h6-12,15H,13-14H2,1-5H3,(H,23,25). The van der Waals surface area contributed by atoms with Crippen LogP contribution in [0.4, 0.5) is 5.69 Å². The van der Waals surface area contributed by atoms with Gasteiger partial charge in [-0.3, -0.25) is 9.59 Å². The maximum Gasteiger partial charge on any atom is 0.260 e. The van der Waals surface area contributed by atoms with E-state index in [9.17, 15) is 9.59 Å². The minimum atomic E-state index is -0.248. The third-order valence-electron chi connectivity index (χ3n) is 4.42. The van der Waals surface area contributed by atoms with Crippen LogP contribution in [-0.2, 0) is 9.59 Å². The molecular weight excluding hydrogens is 372 g/mol. The Morgan fingerprint density at radius 3 is 2.57 bits per heavy atom. The third-order valence-corrected chi connectivity index (χ3v) is 5.21. The van der Waals surface area contributed by atoms with Crippen molar-refractivity contribution in [3.8, 4) is 5.75 Å². The van der Waals surface area contributed by atoms with E-state index in [4.69, 9.17) is 4.74 Å². The van der Waals surface area contributed by atoms with Gasteiger partial charge in [-0.25, -0.2) is 0 Å². The molecule has 150 valence electrons. The molecule has 0 heterocycles. The lowest BCUT2D eigenvalue weighted by molar-refractivity contribution is -0.135. The molecule has 2 aromatic rings. The Bertz CT molecular complexity index is 836. The van der Waals surface area contributed by atoms with Gasteiger partial charge in [-0.15, -0.1) is 11.8 Å². The van der Waals surface area contributed by atoms with Gasteiger partial charge in [0, 0.05) is 11.9 Å². The van der Waals surface area contributed by atoms with Crippen LogP contribution in [0.25, 0.3) is 0 Å². The summed E-state index contributed by atoms with van der Waals surface area (Å²) in [5.74, 6) is 0.596. The van der Waals surface area contributed by atoms with Crippen molar-refractivity contribution in [2.24, 2.45) is 0 Å². The molecule has 1 N–H and O–H groups in total. The van der Waals surface area contributed by atoms with Crippen molar-refractivity contribution in [2.75, 3.05) is 31.8 Å². The summed E-state index contributed by atoms with van der Waals surface area (Å²) in [7, 11) is 1.60. The average Bonchev–Trinajstić information content (AvgIpc) is 2.67. The van der Waals surface area contributed by atoms with Gasteiger partial charge in [-0.2, -0.15) is 0 Å². The number of ether oxygens (including phenoxy) is 1. The fourth-order valence-corrected chi connectivity index (χ4v) is 3.18. The van der Waals surface area contributed by atoms with Gasteiger partial charge in [0.1, 0.15) is 5.75 Å². The molecule has 0 fully saturated rings. The lowest BCUT2D eigenvalue weighted by Gasteiger charge is -2.18. The Kier molecular flexibility index (Phi) is 7.93. The fourth-order valence-electron chi connectivity index (χ4n) is 2.62. The van der Waals surface area contributed by atoms with E-state index in [0.29, 0.717) is 11.7 Å². The second-order valence-corrected chi connectivity index (χ2v) is 7.81. The van der Waals surface area contributed by atoms with E-state index in [-0.39, 0.29) is 25.0 Å². The smallest absolute Gasteiger partial charge is 0.260 e. The number of aryl methyl sites for hydroxylation is 1. The minimum absolute atomic E-state index is 0.0318. The van der Waals surface area contributed by atoms with Crippen LogP contribution in [-0.4, -0.2) is 43.2 Å². The van der Waals surface area contributed by atoms with Crippen LogP contribution in [0.15, 0.2) is 47.4 Å². The van der Waals surface area contributed by atoms with Crippen molar-refractivity contribution < 1.29 is 14.3 Å². The van der Waals surface area contributed by atoms with Crippen LogP contribution in [0.1, 0.15) is 30.9 Å². The highest BCUT2D eigenvalue weighted by Gasteiger charge is 2.15. The minimum Gasteiger partial charge on any atom is -0.483 e. The first-order valence-electron chi connectivity index (χ1n) is 9.22. The van der Waals surface area contributed by atoms with E-state index >= 15 is 0 Å². The first-order chi connectivity index (χ1) is 13.3. The van der Waals surface area contributed by atoms with Crippen molar-refractivity contribution in [3.05, 3.63) is 53.6 Å². The molecule has 28 heavy (non-hydrogen) atoms. The van der Waals surface area contributed by atoms with Crippen molar-refractivity contribution in [1.82, 2.24) is 4.90 Å². The van der Waals surface area contributed by atoms with Gasteiger partial charge in [-0.1, -0.05) is 38.1 Å². The molecule has 2 aromatic carbocycles. The number of carbonyl (C=O) groups excluding carboxylic acids is 2. The van der Waals surface area contributed by atoms with Crippen LogP contribution < -0.4 is 10.1 Å². The van der Waals surface area contributed by atoms with Gasteiger partial charge < -0.3 is 15.0 Å². The summed E-state index contributed by atoms with van der Waals surface area (Å²) in [6, 6.07) is 13.6. The highest BCUT2D eigenvalue weighted by Crippen LogP contribution is 2.25. The molecule has 0 aliphatic heterocycles. The molecule has 2 amide bonds. The van der Waals surface area contributed by atoms with Gasteiger partial charge in [0.25, 0.3) is 5.91 Å². The molecule has 0 radical (unpaired) electrons. The van der Waals surface area contributed by atoms with Gasteiger partial charge >= 0.3 is 0 Å². The maximum atomic E-state index is 12.4. The van der Waals surface area contributed by atoms with Crippen molar-refractivity contribution in [1.29, 1.82) is 0 Å². The number of para-hydroxylation sites is 1. The van der Waals surface area contributed by atoms with Gasteiger partial charge in [0.2, 0.25) is 5.91 Å². The number of benzene rings is 2. The summed E-state index contributed by atoms with van der Waals surface area (Å²) in [6.07, 6.45) is 1.95. The van der Waals surface area contributed by atoms with Crippen LogP contribution in [0, 0.1) is 6.92 Å². The quantitative estimate of drug-likeness (QED) is 0.671. The SMILES string of the molecule is CSc1ccccc1NC(=O)CN(C)C(=O)COc1cc(C(C)C)ccc1C. The fraction of sp³-hybridized carbons (Fsp3) is 0.364. The molecule has 0 aliphatic carbocycles. The predicted octanol–water partition coefficient (Wildman–Crippen LogP) is 4.32. The second-order valence-electron chi connectivity index (χ2n) is 6.97. The Morgan fingerprint density at radius 1 is 1.18 bits per heavy atom. The molecule has 0 bridgehead atoms. The lowest BCUT2D eigenvalue weighted by atomic mass is 10.0. The summed E-state index contributed by atoms with van der Waals surface area (Å²) in [5.41, 5.74) is 2.89. The van der Waals surface area contributed by atoms with Crippen molar-refractivity contribution >= 4 is 29.3 Å². The number of anilines is 1. The molecule has 0 saturated carbocycles. The largest absolute Gasteiger partial charge is 0.483 e. The number of hydrogen-bond donors (Lipinski definition) is 1. The molecule has 2 rings (SSSR count). The predicted molar refractivity (Wildman–Crippen MR) is 115 cm³/mol. The zero-order valence-electron chi connectivity index (χ0n) is 17.1. The second kappa shape index (κ2) is 10.2. The van der Waals surface area contributed by atoms with E-state index in [1.54, 1.807) is 18.8 Å². The number of hydrogen-bond acceptors (Lipinski definition) is 4. The summed E-state index contributed by atoms with van der Waals surface area (Å²) < 4.78 is 5.72. The number of likely N-dealkylation sites (N-methyl/N-ethyl adjacent to an activating group) is 1. The van der Waals surface area contributed by atoms with Crippen LogP contribution in [0.2, 0.25) is 0 Å². The summed E-state index contributed by atoms with van der Waals surface area (Å²) in [5, 5.41) is 2.86. The summed E-state index contributed by atoms with van der Waals surface area (Å²) >= 11 is 1.56. The average molecular weight is 401 g/mol. The van der Waals surface area contributed by atoms with E-state index < -0.39 is 0 Å². The lowest BCUT2D eigenvalue weighted by Crippen LogP contribution is -2.37. The first-order valence-corrected chi connectivity index (χ1v) is 10.4. The third kappa shape index (κ3) is 6.02. The number of rotatable bonds is 8. The molecular formula is C22H28N2O3S. The molecule has 0 aromatic heterocycles. The molecule has 0 unspecified atom stereocenters. The number of amides is 2. The number of thioether (sulfide) groups is 1. The molecule has 0 spiro atoms. The Labute approximate surface area is 171 Å². The zero-order valence-corrected chi connectivity index (χ0v) is 17.9. The monoisotopic (exact) mass is 400 g/mol. The van der Waals surface area contributed by atoms with E-state index in [2.05, 4.69) is 25.2 Å². The van der Waals surface area contributed by atoms with E-state index in [1.807, 2.05) is 49.6 Å². The summed E-state index contributed by atoms with van der Waals surface area (Å²) in [6.45, 7) is 6.04. The molecule has 0 aliphatic rings. The van der Waals surface area contributed by atoms with E-state index in [1.165, 1.54) is 4.90 Å². The molecule has 6 heteroatoms. The number of nitrogens with one attached hydrogen (secondary N) is 1. The molecule has 0 atom stereocenters. The van der Waals surface area contributed by atoms with Crippen molar-refractivity contribution in [3.63, 3.8) is 0 Å². The highest BCUT2D eigenvalue weighted by molar-refractivity contribution is 7.98. The molecule has 5 nitrogen and oxygen atoms in total. The molecule has 0 saturated heterocycles. The topological polar surface area (TPSA) is 58.6 Å². The Balaban J connectivity index is 1.91. The van der Waals surface area contributed by atoms with Gasteiger partial charge in [-0.05, 0) is 48.4 Å². The number of nitrogens with zero attached hydrogens (tertiary/aromatic N) is 1. The Hall–Kier alpha value is -2.47. The van der Waals surface area contributed by atoms with Crippen molar-refractivity contribution in [2.45, 2.75) is 31.6 Å². The Morgan fingerprint density at radius 2 is 1.89 bits per heavy atom. The van der Waals surface area contributed by atoms with Crippen LogP contribution in [0.5, 0.6) is 5.75 Å². The summed E-state index contributed by atoms with van der Waals surface area (Å²) in [4.78, 5) is 27.0.